The molecule has 0 aliphatic heterocycles. The maximum absolute atomic E-state index is 11.9. The standard InChI is InChI=1S/C15H12ClN3O7/c1-25-10-3-5-14(13(7-10)19(23)24)26-8-15(20)17-9-2-4-11(16)12(6-9)18(21)22/h2-7H,8H2,1H3,(H,17,20). The molecule has 2 aromatic rings. The summed E-state index contributed by atoms with van der Waals surface area (Å²) >= 11 is 5.69. The van der Waals surface area contributed by atoms with Gasteiger partial charge in [-0.15, -0.1) is 0 Å². The summed E-state index contributed by atoms with van der Waals surface area (Å²) in [5, 5.41) is 24.2. The Balaban J connectivity index is 2.07. The lowest BCUT2D eigenvalue weighted by molar-refractivity contribution is -0.385. The van der Waals surface area contributed by atoms with Gasteiger partial charge in [0.25, 0.3) is 11.6 Å². The molecule has 0 fully saturated rings. The summed E-state index contributed by atoms with van der Waals surface area (Å²) < 4.78 is 10.1. The first-order valence-electron chi connectivity index (χ1n) is 7.01. The molecule has 2 rings (SSSR count). The Kier molecular flexibility index (Phi) is 5.91. The lowest BCUT2D eigenvalue weighted by atomic mass is 10.2. The molecule has 0 bridgehead atoms. The molecule has 0 heterocycles. The van der Waals surface area contributed by atoms with E-state index >= 15 is 0 Å². The molecule has 0 aliphatic rings. The predicted molar refractivity (Wildman–Crippen MR) is 91.9 cm³/mol. The number of benzene rings is 2. The molecular weight excluding hydrogens is 370 g/mol. The molecule has 11 heteroatoms. The number of nitro benzene ring substituents is 2. The van der Waals surface area contributed by atoms with E-state index in [-0.39, 0.29) is 33.6 Å². The molecule has 1 amide bonds. The van der Waals surface area contributed by atoms with Crippen molar-refractivity contribution in [2.24, 2.45) is 0 Å². The van der Waals surface area contributed by atoms with Crippen molar-refractivity contribution < 1.29 is 24.1 Å². The average molecular weight is 382 g/mol. The third-order valence-electron chi connectivity index (χ3n) is 3.15. The number of amides is 1. The summed E-state index contributed by atoms with van der Waals surface area (Å²) in [5.41, 5.74) is -0.589. The second-order valence-corrected chi connectivity index (χ2v) is 5.26. The van der Waals surface area contributed by atoms with Crippen LogP contribution >= 0.6 is 11.6 Å². The van der Waals surface area contributed by atoms with E-state index < -0.39 is 22.4 Å². The normalized spacial score (nSPS) is 10.1. The minimum Gasteiger partial charge on any atom is -0.496 e. The van der Waals surface area contributed by atoms with Crippen LogP contribution < -0.4 is 14.8 Å². The van der Waals surface area contributed by atoms with Gasteiger partial charge in [0, 0.05) is 11.8 Å². The second kappa shape index (κ2) is 8.12. The fourth-order valence-corrected chi connectivity index (χ4v) is 2.15. The first-order valence-corrected chi connectivity index (χ1v) is 7.38. The van der Waals surface area contributed by atoms with Gasteiger partial charge in [-0.2, -0.15) is 0 Å². The van der Waals surface area contributed by atoms with E-state index in [0.717, 1.165) is 12.1 Å². The Morgan fingerprint density at radius 2 is 1.81 bits per heavy atom. The summed E-state index contributed by atoms with van der Waals surface area (Å²) in [6.45, 7) is -0.538. The third kappa shape index (κ3) is 4.57. The Bertz CT molecular complexity index is 872. The average Bonchev–Trinajstić information content (AvgIpc) is 2.61. The molecule has 0 unspecified atom stereocenters. The van der Waals surface area contributed by atoms with Crippen molar-refractivity contribution >= 4 is 34.6 Å². The zero-order valence-electron chi connectivity index (χ0n) is 13.3. The molecule has 136 valence electrons. The maximum atomic E-state index is 11.9. The summed E-state index contributed by atoms with van der Waals surface area (Å²) in [6, 6.07) is 7.65. The topological polar surface area (TPSA) is 134 Å². The first-order chi connectivity index (χ1) is 12.3. The Labute approximate surface area is 151 Å². The van der Waals surface area contributed by atoms with Gasteiger partial charge in [0.2, 0.25) is 0 Å². The highest BCUT2D eigenvalue weighted by Crippen LogP contribution is 2.31. The molecule has 0 saturated carbocycles. The van der Waals surface area contributed by atoms with Gasteiger partial charge >= 0.3 is 5.69 Å². The number of methoxy groups -OCH3 is 1. The number of nitro groups is 2. The maximum Gasteiger partial charge on any atom is 0.314 e. The Morgan fingerprint density at radius 1 is 1.12 bits per heavy atom. The summed E-state index contributed by atoms with van der Waals surface area (Å²) in [6.07, 6.45) is 0. The van der Waals surface area contributed by atoms with Crippen LogP contribution in [0.2, 0.25) is 5.02 Å². The van der Waals surface area contributed by atoms with Crippen molar-refractivity contribution in [2.75, 3.05) is 19.0 Å². The van der Waals surface area contributed by atoms with E-state index in [1.165, 1.54) is 31.4 Å². The largest absolute Gasteiger partial charge is 0.496 e. The summed E-state index contributed by atoms with van der Waals surface area (Å²) in [5.74, 6) is -0.512. The number of nitrogens with zero attached hydrogens (tertiary/aromatic N) is 2. The van der Waals surface area contributed by atoms with Crippen molar-refractivity contribution in [1.29, 1.82) is 0 Å². The van der Waals surface area contributed by atoms with Crippen molar-refractivity contribution in [3.8, 4) is 11.5 Å². The number of halogens is 1. The van der Waals surface area contributed by atoms with Gasteiger partial charge in [0.1, 0.15) is 10.8 Å². The van der Waals surface area contributed by atoms with E-state index in [4.69, 9.17) is 21.1 Å². The van der Waals surface area contributed by atoms with E-state index in [1.54, 1.807) is 0 Å². The van der Waals surface area contributed by atoms with Crippen LogP contribution in [0.1, 0.15) is 0 Å². The fourth-order valence-electron chi connectivity index (χ4n) is 1.96. The SMILES string of the molecule is COc1ccc(OCC(=O)Nc2ccc(Cl)c([N+](=O)[O-])c2)c([N+](=O)[O-])c1. The van der Waals surface area contributed by atoms with Crippen LogP contribution in [0.15, 0.2) is 36.4 Å². The van der Waals surface area contributed by atoms with Crippen LogP contribution in [0, 0.1) is 20.2 Å². The monoisotopic (exact) mass is 381 g/mol. The third-order valence-corrected chi connectivity index (χ3v) is 3.47. The van der Waals surface area contributed by atoms with Crippen LogP contribution in [0.3, 0.4) is 0 Å². The smallest absolute Gasteiger partial charge is 0.314 e. The minimum absolute atomic E-state index is 0.0712. The van der Waals surface area contributed by atoms with Crippen molar-refractivity contribution in [1.82, 2.24) is 0 Å². The van der Waals surface area contributed by atoms with Crippen LogP contribution in [0.25, 0.3) is 0 Å². The van der Waals surface area contributed by atoms with Gasteiger partial charge in [-0.3, -0.25) is 25.0 Å². The first kappa shape index (κ1) is 18.9. The number of carbonyl (C=O) groups is 1. The van der Waals surface area contributed by atoms with Crippen LogP contribution in [-0.4, -0.2) is 29.5 Å². The number of rotatable bonds is 7. The lowest BCUT2D eigenvalue weighted by Gasteiger charge is -2.09. The zero-order valence-corrected chi connectivity index (χ0v) is 14.1. The highest BCUT2D eigenvalue weighted by Gasteiger charge is 2.18. The molecule has 0 saturated heterocycles. The van der Waals surface area contributed by atoms with E-state index in [1.807, 2.05) is 0 Å². The Morgan fingerprint density at radius 3 is 2.42 bits per heavy atom. The Hall–Kier alpha value is -3.40. The molecule has 10 nitrogen and oxygen atoms in total. The van der Waals surface area contributed by atoms with E-state index in [9.17, 15) is 25.0 Å². The molecule has 0 aromatic heterocycles. The van der Waals surface area contributed by atoms with Gasteiger partial charge in [-0.1, -0.05) is 11.6 Å². The van der Waals surface area contributed by atoms with Gasteiger partial charge in [-0.25, -0.2) is 0 Å². The van der Waals surface area contributed by atoms with Crippen molar-refractivity contribution in [2.45, 2.75) is 0 Å². The highest BCUT2D eigenvalue weighted by molar-refractivity contribution is 6.32. The minimum atomic E-state index is -0.685. The molecule has 2 aromatic carbocycles. The van der Waals surface area contributed by atoms with Crippen LogP contribution in [-0.2, 0) is 4.79 Å². The molecule has 1 N–H and O–H groups in total. The van der Waals surface area contributed by atoms with Gasteiger partial charge < -0.3 is 14.8 Å². The molecule has 26 heavy (non-hydrogen) atoms. The molecule has 0 aliphatic carbocycles. The van der Waals surface area contributed by atoms with Gasteiger partial charge in [0.05, 0.1) is 23.0 Å². The fraction of sp³-hybridized carbons (Fsp3) is 0.133. The van der Waals surface area contributed by atoms with Crippen LogP contribution in [0.4, 0.5) is 17.1 Å². The second-order valence-electron chi connectivity index (χ2n) is 4.85. The van der Waals surface area contributed by atoms with E-state index in [0.29, 0.717) is 0 Å². The molecular formula is C15H12ClN3O7. The molecule has 0 spiro atoms. The lowest BCUT2D eigenvalue weighted by Crippen LogP contribution is -2.20. The summed E-state index contributed by atoms with van der Waals surface area (Å²) in [4.78, 5) is 32.5. The number of hydrogen-bond acceptors (Lipinski definition) is 7. The number of ether oxygens (including phenoxy) is 2. The van der Waals surface area contributed by atoms with E-state index in [2.05, 4.69) is 5.32 Å². The summed E-state index contributed by atoms with van der Waals surface area (Å²) in [7, 11) is 1.36. The van der Waals surface area contributed by atoms with Gasteiger partial charge in [0.15, 0.2) is 12.4 Å². The van der Waals surface area contributed by atoms with Gasteiger partial charge in [-0.05, 0) is 24.3 Å². The number of nitrogens with one attached hydrogen (secondary N) is 1. The molecule has 0 radical (unpaired) electrons. The quantitative estimate of drug-likeness (QED) is 0.574. The highest BCUT2D eigenvalue weighted by atomic mass is 35.5. The zero-order chi connectivity index (χ0) is 19.3. The number of carbonyl (C=O) groups excluding carboxylic acids is 1. The van der Waals surface area contributed by atoms with Crippen molar-refractivity contribution in [3.63, 3.8) is 0 Å². The number of hydrogen-bond donors (Lipinski definition) is 1. The predicted octanol–water partition coefficient (Wildman–Crippen LogP) is 3.18. The van der Waals surface area contributed by atoms with Crippen molar-refractivity contribution in [3.05, 3.63) is 61.6 Å². The number of anilines is 1. The van der Waals surface area contributed by atoms with Crippen LogP contribution in [0.5, 0.6) is 11.5 Å². The molecule has 0 atom stereocenters.